The maximum Gasteiger partial charge on any atom is 0.0868 e. The van der Waals surface area contributed by atoms with Crippen molar-refractivity contribution in [1.29, 1.82) is 0 Å². The van der Waals surface area contributed by atoms with E-state index in [2.05, 4.69) is 6.08 Å². The molecule has 92 valence electrons. The maximum atomic E-state index is 10.4. The molecule has 1 N–H and O–H groups in total. The van der Waals surface area contributed by atoms with Crippen molar-refractivity contribution < 1.29 is 5.11 Å². The van der Waals surface area contributed by atoms with Crippen LogP contribution in [0.2, 0.25) is 0 Å². The van der Waals surface area contributed by atoms with E-state index in [-0.39, 0.29) is 6.10 Å². The molecule has 0 aromatic heterocycles. The SMILES string of the molecule is OC(C1=CCCCCCC1)C1CCCCS1. The molecule has 0 saturated carbocycles. The van der Waals surface area contributed by atoms with Crippen LogP contribution in [-0.4, -0.2) is 22.2 Å². The first kappa shape index (κ1) is 12.5. The summed E-state index contributed by atoms with van der Waals surface area (Å²) in [5, 5.41) is 10.9. The molecule has 2 atom stereocenters. The van der Waals surface area contributed by atoms with E-state index in [1.807, 2.05) is 11.8 Å². The van der Waals surface area contributed by atoms with Gasteiger partial charge in [0.05, 0.1) is 6.10 Å². The molecular formula is C14H24OS. The summed E-state index contributed by atoms with van der Waals surface area (Å²) >= 11 is 1.99. The summed E-state index contributed by atoms with van der Waals surface area (Å²) in [6, 6.07) is 0. The predicted molar refractivity (Wildman–Crippen MR) is 71.9 cm³/mol. The molecule has 0 aromatic carbocycles. The quantitative estimate of drug-likeness (QED) is 0.738. The summed E-state index contributed by atoms with van der Waals surface area (Å²) in [7, 11) is 0. The van der Waals surface area contributed by atoms with Crippen LogP contribution in [0.1, 0.15) is 57.8 Å². The molecule has 1 nitrogen and oxygen atoms in total. The van der Waals surface area contributed by atoms with Crippen LogP contribution >= 0.6 is 11.8 Å². The predicted octanol–water partition coefficient (Wildman–Crippen LogP) is 3.91. The van der Waals surface area contributed by atoms with Crippen LogP contribution < -0.4 is 0 Å². The van der Waals surface area contributed by atoms with Gasteiger partial charge in [0.25, 0.3) is 0 Å². The fraction of sp³-hybridized carbons (Fsp3) is 0.857. The number of thioether (sulfide) groups is 1. The van der Waals surface area contributed by atoms with Gasteiger partial charge in [0.2, 0.25) is 0 Å². The Kier molecular flexibility index (Phi) is 5.24. The number of hydrogen-bond acceptors (Lipinski definition) is 2. The summed E-state index contributed by atoms with van der Waals surface area (Å²) in [6.45, 7) is 0. The summed E-state index contributed by atoms with van der Waals surface area (Å²) in [5.74, 6) is 1.25. The summed E-state index contributed by atoms with van der Waals surface area (Å²) in [5.41, 5.74) is 1.35. The Balaban J connectivity index is 1.92. The molecule has 0 aromatic rings. The van der Waals surface area contributed by atoms with Crippen LogP contribution in [0.4, 0.5) is 0 Å². The van der Waals surface area contributed by atoms with E-state index in [4.69, 9.17) is 0 Å². The standard InChI is InChI=1S/C14H24OS/c15-14(13-10-6-7-11-16-13)12-8-4-2-1-3-5-9-12/h8,13-15H,1-7,9-11H2. The van der Waals surface area contributed by atoms with Gasteiger partial charge in [-0.15, -0.1) is 0 Å². The smallest absolute Gasteiger partial charge is 0.0868 e. The highest BCUT2D eigenvalue weighted by Gasteiger charge is 2.25. The zero-order valence-electron chi connectivity index (χ0n) is 10.2. The van der Waals surface area contributed by atoms with E-state index in [1.165, 1.54) is 62.7 Å². The molecular weight excluding hydrogens is 216 g/mol. The summed E-state index contributed by atoms with van der Waals surface area (Å²) in [4.78, 5) is 0. The number of hydrogen-bond donors (Lipinski definition) is 1. The molecule has 2 heteroatoms. The van der Waals surface area contributed by atoms with Gasteiger partial charge < -0.3 is 5.11 Å². The van der Waals surface area contributed by atoms with Gasteiger partial charge in [-0.3, -0.25) is 0 Å². The molecule has 1 heterocycles. The van der Waals surface area contributed by atoms with E-state index in [0.717, 1.165) is 6.42 Å². The molecule has 0 radical (unpaired) electrons. The second kappa shape index (κ2) is 6.70. The van der Waals surface area contributed by atoms with E-state index in [9.17, 15) is 5.11 Å². The molecule has 1 fully saturated rings. The largest absolute Gasteiger partial charge is 0.388 e. The van der Waals surface area contributed by atoms with Crippen molar-refractivity contribution >= 4 is 11.8 Å². The highest BCUT2D eigenvalue weighted by atomic mass is 32.2. The topological polar surface area (TPSA) is 20.2 Å². The summed E-state index contributed by atoms with van der Waals surface area (Å²) < 4.78 is 0. The van der Waals surface area contributed by atoms with Gasteiger partial charge >= 0.3 is 0 Å². The van der Waals surface area contributed by atoms with Gasteiger partial charge in [0.1, 0.15) is 0 Å². The minimum Gasteiger partial charge on any atom is -0.388 e. The number of aliphatic hydroxyl groups excluding tert-OH is 1. The lowest BCUT2D eigenvalue weighted by molar-refractivity contribution is 0.195. The van der Waals surface area contributed by atoms with Crippen molar-refractivity contribution in [2.75, 3.05) is 5.75 Å². The molecule has 2 aliphatic rings. The van der Waals surface area contributed by atoms with Gasteiger partial charge in [-0.25, -0.2) is 0 Å². The lowest BCUT2D eigenvalue weighted by Crippen LogP contribution is -2.28. The molecule has 1 aliphatic carbocycles. The molecule has 16 heavy (non-hydrogen) atoms. The van der Waals surface area contributed by atoms with Gasteiger partial charge in [-0.05, 0) is 49.9 Å². The Morgan fingerprint density at radius 3 is 2.81 bits per heavy atom. The Morgan fingerprint density at radius 1 is 1.12 bits per heavy atom. The molecule has 1 saturated heterocycles. The van der Waals surface area contributed by atoms with Crippen LogP contribution in [0.25, 0.3) is 0 Å². The zero-order valence-corrected chi connectivity index (χ0v) is 11.0. The van der Waals surface area contributed by atoms with Crippen LogP contribution in [0.15, 0.2) is 11.6 Å². The van der Waals surface area contributed by atoms with E-state index >= 15 is 0 Å². The van der Waals surface area contributed by atoms with Crippen LogP contribution in [-0.2, 0) is 0 Å². The molecule has 1 aliphatic heterocycles. The fourth-order valence-corrected chi connectivity index (χ4v) is 4.10. The van der Waals surface area contributed by atoms with Crippen LogP contribution in [0.3, 0.4) is 0 Å². The van der Waals surface area contributed by atoms with Gasteiger partial charge in [0.15, 0.2) is 0 Å². The minimum absolute atomic E-state index is 0.150. The lowest BCUT2D eigenvalue weighted by Gasteiger charge is -2.28. The minimum atomic E-state index is -0.150. The third-order valence-corrected chi connectivity index (χ3v) is 5.22. The van der Waals surface area contributed by atoms with Crippen molar-refractivity contribution in [3.63, 3.8) is 0 Å². The molecule has 0 amide bonds. The van der Waals surface area contributed by atoms with E-state index in [0.29, 0.717) is 5.25 Å². The Bertz CT molecular complexity index is 231. The third kappa shape index (κ3) is 3.53. The molecule has 2 unspecified atom stereocenters. The lowest BCUT2D eigenvalue weighted by atomic mass is 9.93. The second-order valence-electron chi connectivity index (χ2n) is 5.08. The monoisotopic (exact) mass is 240 g/mol. The molecule has 0 bridgehead atoms. The van der Waals surface area contributed by atoms with Gasteiger partial charge in [0, 0.05) is 5.25 Å². The number of rotatable bonds is 2. The third-order valence-electron chi connectivity index (χ3n) is 3.77. The number of allylic oxidation sites excluding steroid dienone is 1. The van der Waals surface area contributed by atoms with Crippen molar-refractivity contribution in [1.82, 2.24) is 0 Å². The Labute approximate surface area is 104 Å². The van der Waals surface area contributed by atoms with Gasteiger partial charge in [-0.1, -0.05) is 25.3 Å². The first-order valence-electron chi connectivity index (χ1n) is 6.86. The zero-order chi connectivity index (χ0) is 11.2. The van der Waals surface area contributed by atoms with Crippen molar-refractivity contribution in [2.45, 2.75) is 69.1 Å². The first-order chi connectivity index (χ1) is 7.88. The van der Waals surface area contributed by atoms with Crippen LogP contribution in [0, 0.1) is 0 Å². The summed E-state index contributed by atoms with van der Waals surface area (Å²) in [6.07, 6.45) is 13.7. The average molecular weight is 240 g/mol. The fourth-order valence-electron chi connectivity index (χ4n) is 2.74. The molecule has 2 rings (SSSR count). The van der Waals surface area contributed by atoms with Gasteiger partial charge in [-0.2, -0.15) is 11.8 Å². The molecule has 0 spiro atoms. The highest BCUT2D eigenvalue weighted by molar-refractivity contribution is 8.00. The van der Waals surface area contributed by atoms with E-state index < -0.39 is 0 Å². The van der Waals surface area contributed by atoms with E-state index in [1.54, 1.807) is 0 Å². The van der Waals surface area contributed by atoms with Crippen LogP contribution in [0.5, 0.6) is 0 Å². The first-order valence-corrected chi connectivity index (χ1v) is 7.91. The Morgan fingerprint density at radius 2 is 2.00 bits per heavy atom. The second-order valence-corrected chi connectivity index (χ2v) is 6.43. The van der Waals surface area contributed by atoms with Crippen molar-refractivity contribution in [3.05, 3.63) is 11.6 Å². The Hall–Kier alpha value is 0.0500. The number of aliphatic hydroxyl groups is 1. The normalized spacial score (nSPS) is 30.1. The van der Waals surface area contributed by atoms with Crippen molar-refractivity contribution in [3.8, 4) is 0 Å². The highest BCUT2D eigenvalue weighted by Crippen LogP contribution is 2.32. The maximum absolute atomic E-state index is 10.4. The van der Waals surface area contributed by atoms with Crippen molar-refractivity contribution in [2.24, 2.45) is 0 Å². The average Bonchev–Trinajstić information content (AvgIpc) is 2.29.